The predicted octanol–water partition coefficient (Wildman–Crippen LogP) is 5.67. The Kier molecular flexibility index (Phi) is 8.23. The average Bonchev–Trinajstić information content (AvgIpc) is 2.66. The largest absolute Gasteiger partial charge is 0.395 e. The third kappa shape index (κ3) is 5.59. The molecule has 2 rings (SSSR count). The monoisotopic (exact) mass is 356 g/mol. The maximum atomic E-state index is 9.78. The highest BCUT2D eigenvalue weighted by molar-refractivity contribution is 8.03. The Morgan fingerprint density at radius 2 is 1.33 bits per heavy atom. The minimum Gasteiger partial charge on any atom is -0.395 e. The summed E-state index contributed by atoms with van der Waals surface area (Å²) >= 11 is 3.59. The predicted molar refractivity (Wildman–Crippen MR) is 110 cm³/mol. The van der Waals surface area contributed by atoms with Crippen LogP contribution in [0.15, 0.2) is 86.0 Å². The van der Waals surface area contributed by atoms with Crippen molar-refractivity contribution in [1.82, 2.24) is 0 Å². The van der Waals surface area contributed by atoms with Crippen LogP contribution in [0.1, 0.15) is 21.6 Å². The van der Waals surface area contributed by atoms with Gasteiger partial charge >= 0.3 is 0 Å². The van der Waals surface area contributed by atoms with Crippen molar-refractivity contribution in [1.29, 1.82) is 0 Å². The van der Waals surface area contributed by atoms with Gasteiger partial charge in [0.1, 0.15) is 0 Å². The topological polar surface area (TPSA) is 20.2 Å². The maximum absolute atomic E-state index is 9.78. The summed E-state index contributed by atoms with van der Waals surface area (Å²) in [5.74, 6) is 0.865. The Balaban J connectivity index is 1.96. The third-order valence-electron chi connectivity index (χ3n) is 3.69. The highest BCUT2D eigenvalue weighted by atomic mass is 32.2. The first-order valence-corrected chi connectivity index (χ1v) is 10.0. The summed E-state index contributed by atoms with van der Waals surface area (Å²) in [7, 11) is 0. The summed E-state index contributed by atoms with van der Waals surface area (Å²) < 4.78 is 0. The molecule has 0 aliphatic rings. The lowest BCUT2D eigenvalue weighted by atomic mass is 10.1. The minimum absolute atomic E-state index is 0.157. The van der Waals surface area contributed by atoms with Crippen molar-refractivity contribution >= 4 is 23.5 Å². The number of rotatable bonds is 10. The SMILES string of the molecule is C=CC(SCC(CO)SC(C=C)c1ccccc1)c1ccccc1. The van der Waals surface area contributed by atoms with Gasteiger partial charge in [-0.05, 0) is 11.1 Å². The Morgan fingerprint density at radius 3 is 1.79 bits per heavy atom. The van der Waals surface area contributed by atoms with E-state index >= 15 is 0 Å². The molecule has 0 spiro atoms. The van der Waals surface area contributed by atoms with Crippen molar-refractivity contribution in [2.75, 3.05) is 12.4 Å². The quantitative estimate of drug-likeness (QED) is 0.554. The van der Waals surface area contributed by atoms with Crippen molar-refractivity contribution in [3.8, 4) is 0 Å². The molecule has 0 amide bonds. The lowest BCUT2D eigenvalue weighted by molar-refractivity contribution is 0.301. The normalized spacial score (nSPS) is 14.5. The molecular formula is C21H24OS2. The van der Waals surface area contributed by atoms with E-state index in [9.17, 15) is 5.11 Å². The second kappa shape index (κ2) is 10.4. The van der Waals surface area contributed by atoms with Crippen molar-refractivity contribution in [3.05, 3.63) is 97.1 Å². The first kappa shape index (κ1) is 18.9. The number of aliphatic hydroxyl groups is 1. The Labute approximate surface area is 153 Å². The number of benzene rings is 2. The van der Waals surface area contributed by atoms with E-state index in [1.54, 1.807) is 11.8 Å². The fourth-order valence-corrected chi connectivity index (χ4v) is 4.90. The summed E-state index contributed by atoms with van der Waals surface area (Å²) in [6.45, 7) is 8.08. The average molecular weight is 357 g/mol. The number of thioether (sulfide) groups is 2. The molecule has 0 radical (unpaired) electrons. The molecule has 0 saturated heterocycles. The van der Waals surface area contributed by atoms with Crippen LogP contribution in [0.25, 0.3) is 0 Å². The van der Waals surface area contributed by atoms with Gasteiger partial charge in [0.05, 0.1) is 6.61 Å². The Morgan fingerprint density at radius 1 is 0.833 bits per heavy atom. The van der Waals surface area contributed by atoms with Gasteiger partial charge in [0.25, 0.3) is 0 Å². The molecule has 0 aliphatic heterocycles. The molecule has 2 aromatic carbocycles. The van der Waals surface area contributed by atoms with E-state index < -0.39 is 0 Å². The molecular weight excluding hydrogens is 332 g/mol. The molecule has 3 atom stereocenters. The summed E-state index contributed by atoms with van der Waals surface area (Å²) in [6, 6.07) is 20.7. The van der Waals surface area contributed by atoms with Gasteiger partial charge in [0.15, 0.2) is 0 Å². The molecule has 1 nitrogen and oxygen atoms in total. The van der Waals surface area contributed by atoms with Crippen LogP contribution in [0.4, 0.5) is 0 Å². The lowest BCUT2D eigenvalue weighted by Crippen LogP contribution is -2.14. The van der Waals surface area contributed by atoms with Gasteiger partial charge in [0, 0.05) is 21.5 Å². The molecule has 2 aromatic rings. The highest BCUT2D eigenvalue weighted by Crippen LogP contribution is 2.37. The van der Waals surface area contributed by atoms with Crippen molar-refractivity contribution in [2.45, 2.75) is 15.7 Å². The summed E-state index contributed by atoms with van der Waals surface area (Å²) in [6.07, 6.45) is 3.93. The molecule has 1 N–H and O–H groups in total. The van der Waals surface area contributed by atoms with E-state index in [1.807, 2.05) is 60.3 Å². The van der Waals surface area contributed by atoms with E-state index in [1.165, 1.54) is 11.1 Å². The first-order chi connectivity index (χ1) is 11.8. The summed E-state index contributed by atoms with van der Waals surface area (Å²) in [5.41, 5.74) is 2.48. The zero-order valence-corrected chi connectivity index (χ0v) is 15.4. The molecule has 24 heavy (non-hydrogen) atoms. The zero-order valence-electron chi connectivity index (χ0n) is 13.8. The van der Waals surface area contributed by atoms with E-state index in [2.05, 4.69) is 37.4 Å². The fourth-order valence-electron chi connectivity index (χ4n) is 2.41. The number of hydrogen-bond donors (Lipinski definition) is 1. The molecule has 3 unspecified atom stereocenters. The van der Waals surface area contributed by atoms with E-state index in [0.717, 1.165) is 5.75 Å². The van der Waals surface area contributed by atoms with Crippen LogP contribution in [-0.4, -0.2) is 22.7 Å². The fraction of sp³-hybridized carbons (Fsp3) is 0.238. The lowest BCUT2D eigenvalue weighted by Gasteiger charge is -2.21. The van der Waals surface area contributed by atoms with Gasteiger partial charge in [-0.25, -0.2) is 0 Å². The van der Waals surface area contributed by atoms with Gasteiger partial charge in [-0.3, -0.25) is 0 Å². The molecule has 3 heteroatoms. The van der Waals surface area contributed by atoms with Gasteiger partial charge in [-0.15, -0.1) is 36.7 Å². The van der Waals surface area contributed by atoms with Gasteiger partial charge in [-0.1, -0.05) is 72.8 Å². The summed E-state index contributed by atoms with van der Waals surface area (Å²) in [4.78, 5) is 0. The standard InChI is InChI=1S/C21H24OS2/c1-3-20(17-11-7-5-8-12-17)23-16-19(15-22)24-21(4-2)18-13-9-6-10-14-18/h3-14,19-22H,1-2,15-16H2. The minimum atomic E-state index is 0.157. The number of aliphatic hydroxyl groups excluding tert-OH is 1. The molecule has 0 aromatic heterocycles. The molecule has 0 saturated carbocycles. The molecule has 0 fully saturated rings. The van der Waals surface area contributed by atoms with Crippen LogP contribution in [0, 0.1) is 0 Å². The van der Waals surface area contributed by atoms with Crippen LogP contribution in [-0.2, 0) is 0 Å². The highest BCUT2D eigenvalue weighted by Gasteiger charge is 2.18. The van der Waals surface area contributed by atoms with Crippen LogP contribution < -0.4 is 0 Å². The van der Waals surface area contributed by atoms with Crippen LogP contribution in [0.3, 0.4) is 0 Å². The van der Waals surface area contributed by atoms with Crippen molar-refractivity contribution in [3.63, 3.8) is 0 Å². The molecule has 126 valence electrons. The van der Waals surface area contributed by atoms with Gasteiger partial charge in [0.2, 0.25) is 0 Å². The van der Waals surface area contributed by atoms with Crippen molar-refractivity contribution in [2.24, 2.45) is 0 Å². The molecule has 0 heterocycles. The zero-order chi connectivity index (χ0) is 17.2. The third-order valence-corrected chi connectivity index (χ3v) is 6.78. The second-order valence-electron chi connectivity index (χ2n) is 5.41. The maximum Gasteiger partial charge on any atom is 0.0558 e. The molecule has 0 aliphatic carbocycles. The van der Waals surface area contributed by atoms with Crippen molar-refractivity contribution < 1.29 is 5.11 Å². The van der Waals surface area contributed by atoms with E-state index in [-0.39, 0.29) is 22.4 Å². The number of hydrogen-bond acceptors (Lipinski definition) is 3. The van der Waals surface area contributed by atoms with E-state index in [0.29, 0.717) is 0 Å². The second-order valence-corrected chi connectivity index (χ2v) is 8.03. The van der Waals surface area contributed by atoms with E-state index in [4.69, 9.17) is 0 Å². The van der Waals surface area contributed by atoms with Crippen LogP contribution >= 0.6 is 23.5 Å². The summed E-state index contributed by atoms with van der Waals surface area (Å²) in [5, 5.41) is 10.4. The first-order valence-electron chi connectivity index (χ1n) is 8.01. The molecule has 0 bridgehead atoms. The van der Waals surface area contributed by atoms with Crippen LogP contribution in [0.5, 0.6) is 0 Å². The van der Waals surface area contributed by atoms with Gasteiger partial charge < -0.3 is 5.11 Å². The van der Waals surface area contributed by atoms with Gasteiger partial charge in [-0.2, -0.15) is 0 Å². The van der Waals surface area contributed by atoms with Crippen LogP contribution in [0.2, 0.25) is 0 Å². The Hall–Kier alpha value is -1.42. The smallest absolute Gasteiger partial charge is 0.0558 e. The Bertz CT molecular complexity index is 612.